The molecule has 0 fully saturated rings. The smallest absolute Gasteiger partial charge is 0.478 e. The lowest BCUT2D eigenvalue weighted by atomic mass is 10.00. The number of carboxylic acids is 2. The number of hydrogen-bond acceptors (Lipinski definition) is 7. The van der Waals surface area contributed by atoms with Crippen molar-refractivity contribution in [1.29, 1.82) is 0 Å². The van der Waals surface area contributed by atoms with Crippen LogP contribution in [0.1, 0.15) is 21.7 Å². The topological polar surface area (TPSA) is 166 Å². The number of nitrogens with two attached hydrogens (primary N) is 1. The van der Waals surface area contributed by atoms with E-state index in [9.17, 15) is 36.6 Å². The van der Waals surface area contributed by atoms with Crippen molar-refractivity contribution in [2.75, 3.05) is 0 Å². The number of fused-ring (bicyclic) bond motifs is 1. The van der Waals surface area contributed by atoms with Gasteiger partial charge in [-0.05, 0) is 42.8 Å². The second-order valence-electron chi connectivity index (χ2n) is 8.74. The van der Waals surface area contributed by atoms with E-state index in [0.29, 0.717) is 17.0 Å². The Hall–Kier alpha value is -5.51. The molecule has 0 unspecified atom stereocenters. The number of aryl methyl sites for hydroxylation is 1. The van der Waals surface area contributed by atoms with E-state index in [1.165, 1.54) is 35.0 Å². The molecule has 4 N–H and O–H groups in total. The van der Waals surface area contributed by atoms with E-state index in [-0.39, 0.29) is 34.8 Å². The second kappa shape index (κ2) is 11.8. The van der Waals surface area contributed by atoms with E-state index in [0.717, 1.165) is 22.8 Å². The van der Waals surface area contributed by atoms with Crippen LogP contribution >= 0.6 is 0 Å². The zero-order chi connectivity index (χ0) is 31.6. The maximum atomic E-state index is 14.8. The first-order chi connectivity index (χ1) is 20.2. The third-order valence-electron chi connectivity index (χ3n) is 6.00. The SMILES string of the molecule is Cc1ccc(C(=O)O)cc1-c1nc(-n2ccnc2CN)nc2c1ccc(=O)n2-c1c(F)cccc1F.O=C(O)C(F)(F)F. The van der Waals surface area contributed by atoms with Gasteiger partial charge in [0, 0.05) is 29.4 Å². The summed E-state index contributed by atoms with van der Waals surface area (Å²) in [4.78, 5) is 46.8. The van der Waals surface area contributed by atoms with Crippen molar-refractivity contribution in [3.63, 3.8) is 0 Å². The summed E-state index contributed by atoms with van der Waals surface area (Å²) in [6.07, 6.45) is -2.04. The van der Waals surface area contributed by atoms with Crippen LogP contribution in [-0.2, 0) is 11.3 Å². The minimum absolute atomic E-state index is 0.0164. The molecule has 0 amide bonds. The monoisotopic (exact) mass is 602 g/mol. The highest BCUT2D eigenvalue weighted by atomic mass is 19.4. The number of pyridine rings is 1. The number of halogens is 5. The molecule has 0 bridgehead atoms. The van der Waals surface area contributed by atoms with Crippen LogP contribution in [0, 0.1) is 18.6 Å². The normalized spacial score (nSPS) is 11.2. The molecule has 5 rings (SSSR count). The molecule has 3 aromatic heterocycles. The molecule has 222 valence electrons. The molecule has 3 heterocycles. The number of nitrogens with zero attached hydrogens (tertiary/aromatic N) is 5. The van der Waals surface area contributed by atoms with Crippen LogP contribution in [-0.4, -0.2) is 52.4 Å². The molecule has 0 spiro atoms. The third kappa shape index (κ3) is 6.08. The quantitative estimate of drug-likeness (QED) is 0.252. The molecule has 0 saturated heterocycles. The first-order valence-corrected chi connectivity index (χ1v) is 12.0. The molecular weight excluding hydrogens is 583 g/mol. The summed E-state index contributed by atoms with van der Waals surface area (Å²) in [6, 6.07) is 10.4. The fraction of sp³-hybridized carbons (Fsp3) is 0.111. The molecular formula is C27H19F5N6O5. The Morgan fingerprint density at radius 1 is 1.00 bits per heavy atom. The predicted octanol–water partition coefficient (Wildman–Crippen LogP) is 4.01. The lowest BCUT2D eigenvalue weighted by Crippen LogP contribution is -2.22. The van der Waals surface area contributed by atoms with Gasteiger partial charge in [-0.3, -0.25) is 13.9 Å². The summed E-state index contributed by atoms with van der Waals surface area (Å²) >= 11 is 0. The Morgan fingerprint density at radius 2 is 1.65 bits per heavy atom. The molecule has 0 atom stereocenters. The number of imidazole rings is 1. The van der Waals surface area contributed by atoms with Crippen LogP contribution in [0.5, 0.6) is 0 Å². The van der Waals surface area contributed by atoms with Gasteiger partial charge in [-0.25, -0.2) is 28.3 Å². The van der Waals surface area contributed by atoms with Crippen LogP contribution in [0.15, 0.2) is 65.7 Å². The molecule has 0 radical (unpaired) electrons. The summed E-state index contributed by atoms with van der Waals surface area (Å²) in [5.74, 6) is -5.38. The van der Waals surface area contributed by atoms with Gasteiger partial charge in [0.1, 0.15) is 23.1 Å². The molecule has 16 heteroatoms. The summed E-state index contributed by atoms with van der Waals surface area (Å²) in [5, 5.41) is 16.9. The summed E-state index contributed by atoms with van der Waals surface area (Å²) in [5.41, 5.74) is 5.81. The molecule has 5 aromatic rings. The first kappa shape index (κ1) is 30.4. The maximum Gasteiger partial charge on any atom is 0.490 e. The summed E-state index contributed by atoms with van der Waals surface area (Å²) < 4.78 is 63.7. The van der Waals surface area contributed by atoms with Crippen molar-refractivity contribution in [2.45, 2.75) is 19.6 Å². The number of alkyl halides is 3. The van der Waals surface area contributed by atoms with E-state index in [1.807, 2.05) is 0 Å². The van der Waals surface area contributed by atoms with Crippen LogP contribution in [0.25, 0.3) is 33.9 Å². The highest BCUT2D eigenvalue weighted by molar-refractivity contribution is 5.95. The minimum Gasteiger partial charge on any atom is -0.478 e. The largest absolute Gasteiger partial charge is 0.490 e. The number of hydrogen-bond donors (Lipinski definition) is 3. The first-order valence-electron chi connectivity index (χ1n) is 12.0. The summed E-state index contributed by atoms with van der Waals surface area (Å²) in [7, 11) is 0. The van der Waals surface area contributed by atoms with E-state index < -0.39 is 41.0 Å². The zero-order valence-electron chi connectivity index (χ0n) is 21.8. The Balaban J connectivity index is 0.000000541. The zero-order valence-corrected chi connectivity index (χ0v) is 21.8. The van der Waals surface area contributed by atoms with Crippen LogP contribution in [0.3, 0.4) is 0 Å². The van der Waals surface area contributed by atoms with Crippen molar-refractivity contribution in [1.82, 2.24) is 24.1 Å². The molecule has 0 saturated carbocycles. The summed E-state index contributed by atoms with van der Waals surface area (Å²) in [6.45, 7) is 1.81. The highest BCUT2D eigenvalue weighted by Gasteiger charge is 2.38. The molecule has 43 heavy (non-hydrogen) atoms. The van der Waals surface area contributed by atoms with Gasteiger partial charge >= 0.3 is 18.1 Å². The van der Waals surface area contributed by atoms with E-state index in [1.54, 1.807) is 19.2 Å². The second-order valence-corrected chi connectivity index (χ2v) is 8.74. The Morgan fingerprint density at radius 3 is 2.23 bits per heavy atom. The predicted molar refractivity (Wildman–Crippen MR) is 141 cm³/mol. The van der Waals surface area contributed by atoms with Gasteiger partial charge in [-0.1, -0.05) is 12.1 Å². The van der Waals surface area contributed by atoms with Crippen molar-refractivity contribution in [2.24, 2.45) is 5.73 Å². The van der Waals surface area contributed by atoms with Gasteiger partial charge in [-0.15, -0.1) is 0 Å². The molecule has 2 aromatic carbocycles. The number of para-hydroxylation sites is 1. The van der Waals surface area contributed by atoms with Crippen molar-refractivity contribution in [3.05, 3.63) is 99.9 Å². The highest BCUT2D eigenvalue weighted by Crippen LogP contribution is 2.31. The number of rotatable bonds is 5. The van der Waals surface area contributed by atoms with Crippen molar-refractivity contribution in [3.8, 4) is 22.9 Å². The fourth-order valence-electron chi connectivity index (χ4n) is 4.01. The number of aromatic carboxylic acids is 1. The Bertz CT molecular complexity index is 1920. The Kier molecular flexibility index (Phi) is 8.33. The number of aromatic nitrogens is 5. The number of carbonyl (C=O) groups is 2. The fourth-order valence-corrected chi connectivity index (χ4v) is 4.01. The average Bonchev–Trinajstić information content (AvgIpc) is 3.42. The van der Waals surface area contributed by atoms with E-state index in [2.05, 4.69) is 15.0 Å². The van der Waals surface area contributed by atoms with Gasteiger partial charge in [-0.2, -0.15) is 18.2 Å². The van der Waals surface area contributed by atoms with Gasteiger partial charge in [0.2, 0.25) is 5.95 Å². The molecule has 0 aliphatic heterocycles. The van der Waals surface area contributed by atoms with Crippen molar-refractivity contribution < 1.29 is 41.8 Å². The average molecular weight is 602 g/mol. The van der Waals surface area contributed by atoms with Gasteiger partial charge in [0.05, 0.1) is 17.8 Å². The number of carboxylic acid groups (broad SMARTS) is 2. The van der Waals surface area contributed by atoms with E-state index in [4.69, 9.17) is 15.6 Å². The lowest BCUT2D eigenvalue weighted by molar-refractivity contribution is -0.192. The number of benzene rings is 2. The maximum absolute atomic E-state index is 14.8. The number of aliphatic carboxylic acids is 1. The van der Waals surface area contributed by atoms with Crippen LogP contribution in [0.4, 0.5) is 22.0 Å². The van der Waals surface area contributed by atoms with Crippen LogP contribution < -0.4 is 11.3 Å². The molecule has 0 aliphatic rings. The van der Waals surface area contributed by atoms with Gasteiger partial charge in [0.25, 0.3) is 5.56 Å². The van der Waals surface area contributed by atoms with Crippen LogP contribution in [0.2, 0.25) is 0 Å². The standard InChI is InChI=1S/C25H18F2N6O3.C2HF3O2/c1-13-5-6-14(24(35)36)11-16(13)21-15-7-8-20(34)33(22-17(26)3-2-4-18(22)27)23(15)31-25(30-21)32-10-9-29-19(32)12-28;3-2(4,5)1(6)7/h2-11H,12,28H2,1H3,(H,35,36);(H,6,7). The van der Waals surface area contributed by atoms with Gasteiger partial charge < -0.3 is 15.9 Å². The van der Waals surface area contributed by atoms with Crippen molar-refractivity contribution >= 4 is 23.0 Å². The lowest BCUT2D eigenvalue weighted by Gasteiger charge is -2.16. The van der Waals surface area contributed by atoms with Gasteiger partial charge in [0.15, 0.2) is 5.65 Å². The molecule has 11 nitrogen and oxygen atoms in total. The third-order valence-corrected chi connectivity index (χ3v) is 6.00. The Labute approximate surface area is 237 Å². The van der Waals surface area contributed by atoms with E-state index >= 15 is 0 Å². The minimum atomic E-state index is -5.08. The molecule has 0 aliphatic carbocycles.